The molecule has 74 heavy (non-hydrogen) atoms. The third kappa shape index (κ3) is 9.06. The maximum Gasteiger partial charge on any atom is 0.302 e. The maximum atomic E-state index is 13.0. The molecule has 6 bridgehead atoms. The highest BCUT2D eigenvalue weighted by molar-refractivity contribution is 8.76. The monoisotopic (exact) mass is 1030 g/mol. The largest absolute Gasteiger partial charge is 0.508 e. The third-order valence-corrected chi connectivity index (χ3v) is 20.0. The zero-order valence-electron chi connectivity index (χ0n) is 42.6. The van der Waals surface area contributed by atoms with E-state index in [1.54, 1.807) is 13.2 Å². The number of rotatable bonds is 8. The number of phenolic OH excluding ortho intramolecular Hbond substituents is 2. The maximum absolute atomic E-state index is 13.0. The number of fused-ring (bicyclic) bond motifs is 11. The van der Waals surface area contributed by atoms with Crippen molar-refractivity contribution in [1.82, 2.24) is 16.0 Å². The zero-order chi connectivity index (χ0) is 50.7. The topological polar surface area (TPSA) is 157 Å². The first-order valence-corrected chi connectivity index (χ1v) is 29.3. The van der Waals surface area contributed by atoms with Crippen LogP contribution in [0.4, 0.5) is 0 Å². The number of aryl methyl sites for hydroxylation is 1. The van der Waals surface area contributed by atoms with Crippen molar-refractivity contribution in [3.05, 3.63) is 129 Å². The number of nitrogens with one attached hydrogen (secondary N) is 3. The molecule has 0 radical (unpaired) electrons. The number of aromatic hydroxyl groups is 2. The lowest BCUT2D eigenvalue weighted by molar-refractivity contribution is -0.141. The summed E-state index contributed by atoms with van der Waals surface area (Å²) < 4.78 is 27.3. The van der Waals surface area contributed by atoms with E-state index in [1.165, 1.54) is 30.9 Å². The van der Waals surface area contributed by atoms with Crippen LogP contribution in [0, 0.1) is 29.6 Å². The van der Waals surface area contributed by atoms with E-state index in [0.29, 0.717) is 42.0 Å². The summed E-state index contributed by atoms with van der Waals surface area (Å²) in [6.07, 6.45) is 17.6. The molecule has 4 aromatic rings. The van der Waals surface area contributed by atoms with Gasteiger partial charge in [-0.2, -0.15) is 0 Å². The van der Waals surface area contributed by atoms with Gasteiger partial charge < -0.3 is 50.8 Å². The Morgan fingerprint density at radius 1 is 1.01 bits per heavy atom. The molecule has 10 unspecified atom stereocenters. The van der Waals surface area contributed by atoms with E-state index in [1.807, 2.05) is 34.7 Å². The lowest BCUT2D eigenvalue weighted by Gasteiger charge is -2.40. The van der Waals surface area contributed by atoms with Crippen LogP contribution in [-0.2, 0) is 40.8 Å². The molecule has 3 aliphatic carbocycles. The number of ether oxygens (including phenoxy) is 4. The summed E-state index contributed by atoms with van der Waals surface area (Å²) in [6, 6.07) is 19.0. The molecule has 0 aromatic heterocycles. The fraction of sp³-hybridized carbons (Fsp3) is 0.459. The standard InChI is InChI=1S/C61H68N4O7S2/c1-34(66)70-31-48-44-17-18-45-54-38(26-40(67)27-51(54)69-3)29-61-24-23-37(28-61)41(16-15-35-9-5-4-6-10-35)42-20-22-53(62)65-49(42)14-8-13-43-47(30-63-2)57(68)60-46(55(43)58(48)72-59(44)56(45)61)19-21-50-52(71-60)33-74-73-32-36-11-7-12-39(25-36)64-50/h4-6,9-10,17-22,26-27,36-37,39,41,48,50,52-53,58,63-65,67-68H,7,11-13,15-16,23-25,28-33,62H2,1-3H3. The number of dihydropyridines is 1. The summed E-state index contributed by atoms with van der Waals surface area (Å²) in [5, 5.41) is 35.1. The lowest BCUT2D eigenvalue weighted by Crippen LogP contribution is -2.49. The van der Waals surface area contributed by atoms with Gasteiger partial charge >= 0.3 is 5.97 Å². The lowest BCUT2D eigenvalue weighted by atomic mass is 9.64. The van der Waals surface area contributed by atoms with Crippen LogP contribution >= 0.6 is 21.6 Å². The van der Waals surface area contributed by atoms with E-state index < -0.39 is 23.6 Å². The highest BCUT2D eigenvalue weighted by Crippen LogP contribution is 2.64. The molecule has 1 spiro atoms. The molecule has 386 valence electrons. The number of phenols is 2. The van der Waals surface area contributed by atoms with Crippen molar-refractivity contribution in [3.63, 3.8) is 0 Å². The van der Waals surface area contributed by atoms with Crippen molar-refractivity contribution in [1.29, 1.82) is 0 Å². The molecule has 5 heterocycles. The average molecular weight is 1030 g/mol. The first-order valence-electron chi connectivity index (χ1n) is 26.8. The van der Waals surface area contributed by atoms with Crippen molar-refractivity contribution in [2.24, 2.45) is 23.5 Å². The van der Waals surface area contributed by atoms with Crippen LogP contribution in [0.3, 0.4) is 0 Å². The Hall–Kier alpha value is -5.49. The number of esters is 1. The molecule has 13 heteroatoms. The van der Waals surface area contributed by atoms with Crippen molar-refractivity contribution in [3.8, 4) is 51.7 Å². The Balaban J connectivity index is 1.11. The van der Waals surface area contributed by atoms with Gasteiger partial charge in [-0.3, -0.25) is 4.79 Å². The van der Waals surface area contributed by atoms with Crippen LogP contribution < -0.4 is 35.9 Å². The summed E-state index contributed by atoms with van der Waals surface area (Å²) >= 11 is 0. The molecule has 10 atom stereocenters. The Labute approximate surface area is 443 Å². The van der Waals surface area contributed by atoms with E-state index in [9.17, 15) is 15.0 Å². The second-order valence-electron chi connectivity index (χ2n) is 22.0. The molecule has 7 N–H and O–H groups in total. The van der Waals surface area contributed by atoms with Crippen molar-refractivity contribution >= 4 is 33.6 Å². The number of nitrogens with two attached hydrogens (primary N) is 1. The number of hydrogen-bond donors (Lipinski definition) is 6. The number of benzene rings is 4. The van der Waals surface area contributed by atoms with E-state index >= 15 is 0 Å². The first kappa shape index (κ1) is 49.4. The Kier molecular flexibility index (Phi) is 13.7. The molecule has 8 aliphatic rings. The van der Waals surface area contributed by atoms with Gasteiger partial charge in [0.25, 0.3) is 0 Å². The van der Waals surface area contributed by atoms with E-state index in [2.05, 4.69) is 94.6 Å². The summed E-state index contributed by atoms with van der Waals surface area (Å²) in [6.45, 7) is 1.89. The molecule has 5 aliphatic heterocycles. The van der Waals surface area contributed by atoms with Gasteiger partial charge in [0.1, 0.15) is 36.1 Å². The van der Waals surface area contributed by atoms with Crippen molar-refractivity contribution in [2.45, 2.75) is 126 Å². The van der Waals surface area contributed by atoms with Gasteiger partial charge in [0.15, 0.2) is 11.5 Å². The molecule has 3 fully saturated rings. The predicted octanol–water partition coefficient (Wildman–Crippen LogP) is 10.1. The van der Waals surface area contributed by atoms with E-state index in [0.717, 1.165) is 112 Å². The van der Waals surface area contributed by atoms with E-state index in [-0.39, 0.29) is 54.5 Å². The predicted molar refractivity (Wildman–Crippen MR) is 294 cm³/mol. The summed E-state index contributed by atoms with van der Waals surface area (Å²) in [7, 11) is 7.37. The Morgan fingerprint density at radius 2 is 1.88 bits per heavy atom. The van der Waals surface area contributed by atoms with Gasteiger partial charge in [-0.1, -0.05) is 94.6 Å². The van der Waals surface area contributed by atoms with Gasteiger partial charge in [-0.25, -0.2) is 0 Å². The second kappa shape index (κ2) is 20.6. The highest BCUT2D eigenvalue weighted by Gasteiger charge is 2.53. The molecule has 12 rings (SSSR count). The van der Waals surface area contributed by atoms with Gasteiger partial charge in [0, 0.05) is 82.3 Å². The SMILES string of the molecule is CNCc1c(O)c2c(c3c1CC#CC1=C(C=CC(N)N1)C(CCc1ccccc1)C1CCC4(Cc5cc(O)cc(OC)c5-c5ccc6c(c54)OC3C6COC(C)=O)C1)C=CC1NC3CCCC(CSSCC1O2)C3. The quantitative estimate of drug-likeness (QED) is 0.0564. The van der Waals surface area contributed by atoms with Gasteiger partial charge in [-0.15, -0.1) is 0 Å². The molecular formula is C61H68N4O7S2. The number of hydrogen-bond acceptors (Lipinski definition) is 13. The van der Waals surface area contributed by atoms with Gasteiger partial charge in [-0.05, 0) is 128 Å². The fourth-order valence-corrected chi connectivity index (χ4v) is 16.9. The molecule has 4 aromatic carbocycles. The van der Waals surface area contributed by atoms with Crippen LogP contribution in [0.5, 0.6) is 28.7 Å². The molecule has 2 saturated carbocycles. The van der Waals surface area contributed by atoms with Crippen LogP contribution in [0.25, 0.3) is 17.2 Å². The van der Waals surface area contributed by atoms with Crippen LogP contribution in [0.2, 0.25) is 0 Å². The van der Waals surface area contributed by atoms with Crippen LogP contribution in [0.15, 0.2) is 84.1 Å². The fourth-order valence-electron chi connectivity index (χ4n) is 14.2. The van der Waals surface area contributed by atoms with Gasteiger partial charge in [0.2, 0.25) is 0 Å². The summed E-state index contributed by atoms with van der Waals surface area (Å²) in [4.78, 5) is 13.0. The first-order chi connectivity index (χ1) is 36.1. The molecule has 0 amide bonds. The van der Waals surface area contributed by atoms with Crippen molar-refractivity contribution < 1.29 is 34.0 Å². The smallest absolute Gasteiger partial charge is 0.302 e. The van der Waals surface area contributed by atoms with Crippen LogP contribution in [-0.4, -0.2) is 72.8 Å². The normalized spacial score (nSPS) is 29.1. The number of carbonyl (C=O) groups excluding carboxylic acids is 1. The third-order valence-electron chi connectivity index (χ3n) is 17.5. The Bertz CT molecular complexity index is 3020. The number of methoxy groups -OCH3 is 1. The molecule has 1 saturated heterocycles. The summed E-state index contributed by atoms with van der Waals surface area (Å²) in [5.41, 5.74) is 18.0. The molecular weight excluding hydrogens is 965 g/mol. The van der Waals surface area contributed by atoms with Gasteiger partial charge in [0.05, 0.1) is 30.9 Å². The highest BCUT2D eigenvalue weighted by atomic mass is 33.1. The Morgan fingerprint density at radius 3 is 2.72 bits per heavy atom. The zero-order valence-corrected chi connectivity index (χ0v) is 44.3. The minimum atomic E-state index is -0.667. The number of carbonyl (C=O) groups is 1. The minimum absolute atomic E-state index is 0.0807. The average Bonchev–Trinajstić information content (AvgIpc) is 3.95. The van der Waals surface area contributed by atoms with E-state index in [4.69, 9.17) is 24.7 Å². The van der Waals surface area contributed by atoms with Crippen molar-refractivity contribution in [2.75, 3.05) is 32.3 Å². The van der Waals surface area contributed by atoms with Crippen LogP contribution in [0.1, 0.15) is 115 Å². The second-order valence-corrected chi connectivity index (χ2v) is 24.5. The minimum Gasteiger partial charge on any atom is -0.508 e. The summed E-state index contributed by atoms with van der Waals surface area (Å²) in [5.74, 6) is 11.6. The number of allylic oxidation sites excluding steroid dienone is 3. The molecule has 11 nitrogen and oxygen atoms in total.